The molecule has 0 amide bonds. The topological polar surface area (TPSA) is 20.2 Å². The molecule has 1 aliphatic rings. The Morgan fingerprint density at radius 1 is 1.50 bits per heavy atom. The molecule has 1 aromatic carbocycles. The second-order valence-electron chi connectivity index (χ2n) is 4.64. The Labute approximate surface area is 100 Å². The van der Waals surface area contributed by atoms with Gasteiger partial charge >= 0.3 is 0 Å². The van der Waals surface area contributed by atoms with Gasteiger partial charge in [-0.1, -0.05) is 18.5 Å². The number of hydrogen-bond acceptors (Lipinski definition) is 1. The summed E-state index contributed by atoms with van der Waals surface area (Å²) in [4.78, 5) is 0. The molecule has 1 aliphatic carbocycles. The summed E-state index contributed by atoms with van der Waals surface area (Å²) in [5.74, 6) is 0.0606. The number of hydrogen-bond donors (Lipinski definition) is 1. The third kappa shape index (κ3) is 2.38. The van der Waals surface area contributed by atoms with Crippen molar-refractivity contribution in [2.24, 2.45) is 5.92 Å². The summed E-state index contributed by atoms with van der Waals surface area (Å²) in [5, 5.41) is 11.0. The maximum absolute atomic E-state index is 13.1. The Kier molecular flexibility index (Phi) is 3.22. The van der Waals surface area contributed by atoms with Crippen LogP contribution >= 0.6 is 11.6 Å². The first-order valence-corrected chi connectivity index (χ1v) is 6.09. The van der Waals surface area contributed by atoms with Gasteiger partial charge in [-0.15, -0.1) is 0 Å². The Balaban J connectivity index is 2.21. The monoisotopic (exact) mass is 242 g/mol. The molecule has 0 spiro atoms. The highest BCUT2D eigenvalue weighted by Crippen LogP contribution is 2.43. The second kappa shape index (κ2) is 4.34. The van der Waals surface area contributed by atoms with Crippen molar-refractivity contribution in [3.63, 3.8) is 0 Å². The third-order valence-electron chi connectivity index (χ3n) is 3.45. The zero-order valence-electron chi connectivity index (χ0n) is 9.34. The molecule has 1 aromatic rings. The summed E-state index contributed by atoms with van der Waals surface area (Å²) in [6, 6.07) is 4.31. The van der Waals surface area contributed by atoms with Crippen LogP contribution in [0.15, 0.2) is 18.2 Å². The fourth-order valence-corrected chi connectivity index (χ4v) is 2.37. The summed E-state index contributed by atoms with van der Waals surface area (Å²) < 4.78 is 13.1. The average molecular weight is 243 g/mol. The predicted molar refractivity (Wildman–Crippen MR) is 63.1 cm³/mol. The highest BCUT2D eigenvalue weighted by atomic mass is 35.5. The van der Waals surface area contributed by atoms with Crippen LogP contribution in [0.3, 0.4) is 0 Å². The standard InChI is InChI=1S/C13H16ClFO/c1-2-13(16,10-3-4-10)8-9-7-11(15)5-6-12(9)14/h5-7,10,16H,2-4,8H2,1H3. The van der Waals surface area contributed by atoms with Crippen LogP contribution in [0.2, 0.25) is 5.02 Å². The van der Waals surface area contributed by atoms with Crippen LogP contribution in [0, 0.1) is 11.7 Å². The minimum atomic E-state index is -0.711. The van der Waals surface area contributed by atoms with E-state index in [0.29, 0.717) is 29.3 Å². The largest absolute Gasteiger partial charge is 0.389 e. The summed E-state index contributed by atoms with van der Waals surface area (Å²) in [7, 11) is 0. The molecule has 2 rings (SSSR count). The lowest BCUT2D eigenvalue weighted by molar-refractivity contribution is 0.0139. The van der Waals surface area contributed by atoms with E-state index < -0.39 is 5.60 Å². The number of benzene rings is 1. The summed E-state index contributed by atoms with van der Waals surface area (Å²) in [5.41, 5.74) is -0.00448. The lowest BCUT2D eigenvalue weighted by Crippen LogP contribution is -2.33. The predicted octanol–water partition coefficient (Wildman–Crippen LogP) is 3.57. The molecule has 1 fully saturated rings. The summed E-state index contributed by atoms with van der Waals surface area (Å²) in [6.45, 7) is 1.96. The van der Waals surface area contributed by atoms with Crippen molar-refractivity contribution < 1.29 is 9.50 Å². The summed E-state index contributed by atoms with van der Waals surface area (Å²) in [6.07, 6.45) is 3.27. The molecular formula is C13H16ClFO. The molecule has 0 bridgehead atoms. The average Bonchev–Trinajstić information content (AvgIpc) is 3.07. The number of rotatable bonds is 4. The van der Waals surface area contributed by atoms with Gasteiger partial charge in [0.2, 0.25) is 0 Å². The van der Waals surface area contributed by atoms with Gasteiger partial charge in [0.1, 0.15) is 5.82 Å². The molecule has 0 aliphatic heterocycles. The van der Waals surface area contributed by atoms with Crippen LogP contribution < -0.4 is 0 Å². The third-order valence-corrected chi connectivity index (χ3v) is 3.82. The zero-order chi connectivity index (χ0) is 11.8. The Bertz CT molecular complexity index is 390. The first kappa shape index (κ1) is 11.9. The Morgan fingerprint density at radius 3 is 2.75 bits per heavy atom. The first-order chi connectivity index (χ1) is 7.55. The molecule has 0 aromatic heterocycles. The minimum Gasteiger partial charge on any atom is -0.389 e. The van der Waals surface area contributed by atoms with E-state index in [1.165, 1.54) is 12.1 Å². The number of aliphatic hydroxyl groups is 1. The maximum atomic E-state index is 13.1. The first-order valence-electron chi connectivity index (χ1n) is 5.71. The zero-order valence-corrected chi connectivity index (χ0v) is 10.1. The van der Waals surface area contributed by atoms with Crippen LogP contribution in [0.1, 0.15) is 31.7 Å². The van der Waals surface area contributed by atoms with E-state index in [1.54, 1.807) is 6.07 Å². The normalized spacial score (nSPS) is 19.5. The van der Waals surface area contributed by atoms with E-state index in [4.69, 9.17) is 11.6 Å². The highest BCUT2D eigenvalue weighted by molar-refractivity contribution is 6.31. The molecule has 0 radical (unpaired) electrons. The van der Waals surface area contributed by atoms with Crippen molar-refractivity contribution in [2.45, 2.75) is 38.2 Å². The van der Waals surface area contributed by atoms with Crippen molar-refractivity contribution in [1.82, 2.24) is 0 Å². The van der Waals surface area contributed by atoms with E-state index in [2.05, 4.69) is 0 Å². The van der Waals surface area contributed by atoms with Crippen molar-refractivity contribution in [3.8, 4) is 0 Å². The molecule has 0 saturated heterocycles. The molecule has 1 nitrogen and oxygen atoms in total. The molecule has 16 heavy (non-hydrogen) atoms. The second-order valence-corrected chi connectivity index (χ2v) is 5.05. The van der Waals surface area contributed by atoms with Crippen molar-refractivity contribution in [1.29, 1.82) is 0 Å². The van der Waals surface area contributed by atoms with Crippen molar-refractivity contribution in [3.05, 3.63) is 34.6 Å². The molecule has 1 atom stereocenters. The Morgan fingerprint density at radius 2 is 2.19 bits per heavy atom. The molecule has 1 unspecified atom stereocenters. The van der Waals surface area contributed by atoms with Gasteiger partial charge in [0.15, 0.2) is 0 Å². The van der Waals surface area contributed by atoms with E-state index in [-0.39, 0.29) is 5.82 Å². The maximum Gasteiger partial charge on any atom is 0.123 e. The fourth-order valence-electron chi connectivity index (χ4n) is 2.19. The van der Waals surface area contributed by atoms with E-state index in [1.807, 2.05) is 6.92 Å². The van der Waals surface area contributed by atoms with Crippen LogP contribution in [0.4, 0.5) is 4.39 Å². The van der Waals surface area contributed by atoms with Gasteiger partial charge in [-0.05, 0) is 48.9 Å². The van der Waals surface area contributed by atoms with Gasteiger partial charge in [-0.3, -0.25) is 0 Å². The van der Waals surface area contributed by atoms with Crippen LogP contribution in [0.25, 0.3) is 0 Å². The molecule has 3 heteroatoms. The van der Waals surface area contributed by atoms with Crippen LogP contribution in [0.5, 0.6) is 0 Å². The SMILES string of the molecule is CCC(O)(Cc1cc(F)ccc1Cl)C1CC1. The molecule has 1 saturated carbocycles. The van der Waals surface area contributed by atoms with Gasteiger partial charge < -0.3 is 5.11 Å². The Hall–Kier alpha value is -0.600. The fraction of sp³-hybridized carbons (Fsp3) is 0.538. The quantitative estimate of drug-likeness (QED) is 0.856. The van der Waals surface area contributed by atoms with Gasteiger partial charge in [0, 0.05) is 11.4 Å². The molecule has 0 heterocycles. The van der Waals surface area contributed by atoms with Gasteiger partial charge in [-0.2, -0.15) is 0 Å². The van der Waals surface area contributed by atoms with E-state index in [9.17, 15) is 9.50 Å². The lowest BCUT2D eigenvalue weighted by Gasteiger charge is -2.27. The summed E-state index contributed by atoms with van der Waals surface area (Å²) >= 11 is 6.01. The smallest absolute Gasteiger partial charge is 0.123 e. The van der Waals surface area contributed by atoms with Crippen molar-refractivity contribution in [2.75, 3.05) is 0 Å². The van der Waals surface area contributed by atoms with Gasteiger partial charge in [0.25, 0.3) is 0 Å². The highest BCUT2D eigenvalue weighted by Gasteiger charge is 2.42. The number of halogens is 2. The van der Waals surface area contributed by atoms with Crippen LogP contribution in [-0.2, 0) is 6.42 Å². The van der Waals surface area contributed by atoms with E-state index >= 15 is 0 Å². The lowest BCUT2D eigenvalue weighted by atomic mass is 9.87. The molecule has 88 valence electrons. The van der Waals surface area contributed by atoms with E-state index in [0.717, 1.165) is 12.8 Å². The van der Waals surface area contributed by atoms with Crippen molar-refractivity contribution >= 4 is 11.6 Å². The molecular weight excluding hydrogens is 227 g/mol. The molecule has 1 N–H and O–H groups in total. The minimum absolute atomic E-state index is 0.298. The van der Waals surface area contributed by atoms with Gasteiger partial charge in [0.05, 0.1) is 5.60 Å². The van der Waals surface area contributed by atoms with Crippen LogP contribution in [-0.4, -0.2) is 10.7 Å². The van der Waals surface area contributed by atoms with Gasteiger partial charge in [-0.25, -0.2) is 4.39 Å².